The lowest BCUT2D eigenvalue weighted by Gasteiger charge is -2.15. The second-order valence-corrected chi connectivity index (χ2v) is 7.51. The molecule has 0 bridgehead atoms. The molecule has 0 saturated carbocycles. The fourth-order valence-corrected chi connectivity index (χ4v) is 3.71. The van der Waals surface area contributed by atoms with Crippen molar-refractivity contribution < 1.29 is 4.79 Å². The number of carbonyl (C=O) groups excluding carboxylic acids is 1. The molecule has 24 heavy (non-hydrogen) atoms. The summed E-state index contributed by atoms with van der Waals surface area (Å²) < 4.78 is 0. The zero-order valence-corrected chi connectivity index (χ0v) is 15.4. The highest BCUT2D eigenvalue weighted by molar-refractivity contribution is 8.19. The molecule has 3 rings (SSSR count). The van der Waals surface area contributed by atoms with Gasteiger partial charge in [0, 0.05) is 4.90 Å². The van der Waals surface area contributed by atoms with Crippen LogP contribution in [0.25, 0.3) is 6.08 Å². The van der Waals surface area contributed by atoms with E-state index in [1.807, 2.05) is 68.6 Å². The molecular weight excluding hydrogens is 336 g/mol. The Morgan fingerprint density at radius 2 is 1.79 bits per heavy atom. The average Bonchev–Trinajstić information content (AvgIpc) is 2.85. The van der Waals surface area contributed by atoms with E-state index in [-0.39, 0.29) is 11.1 Å². The van der Waals surface area contributed by atoms with Gasteiger partial charge in [-0.3, -0.25) is 15.1 Å². The third-order valence-electron chi connectivity index (χ3n) is 3.99. The first-order chi connectivity index (χ1) is 11.5. The van der Waals surface area contributed by atoms with Gasteiger partial charge < -0.3 is 0 Å². The standard InChI is InChI=1S/C19H18N2OS2/c1-12-4-7-15(10-13(12)2)21-18(22)17(24-19(21)20)11-14-5-8-16(23-3)9-6-14/h4-11,20H,1-3H3/b17-11-,20-19?. The Kier molecular flexibility index (Phi) is 4.83. The molecule has 1 fully saturated rings. The molecule has 0 unspecified atom stereocenters. The van der Waals surface area contributed by atoms with Crippen LogP contribution in [-0.2, 0) is 4.79 Å². The second-order valence-electron chi connectivity index (χ2n) is 5.60. The maximum Gasteiger partial charge on any atom is 0.271 e. The van der Waals surface area contributed by atoms with E-state index in [9.17, 15) is 4.79 Å². The molecule has 1 N–H and O–H groups in total. The summed E-state index contributed by atoms with van der Waals surface area (Å²) in [6, 6.07) is 13.9. The van der Waals surface area contributed by atoms with Crippen molar-refractivity contribution in [3.63, 3.8) is 0 Å². The number of amides is 1. The third kappa shape index (κ3) is 3.28. The van der Waals surface area contributed by atoms with Gasteiger partial charge in [-0.05, 0) is 78.9 Å². The van der Waals surface area contributed by atoms with Crippen molar-refractivity contribution in [2.75, 3.05) is 11.2 Å². The van der Waals surface area contributed by atoms with E-state index in [1.165, 1.54) is 27.1 Å². The number of anilines is 1. The smallest absolute Gasteiger partial charge is 0.271 e. The van der Waals surface area contributed by atoms with Crippen molar-refractivity contribution in [1.82, 2.24) is 0 Å². The van der Waals surface area contributed by atoms with Gasteiger partial charge in [0.1, 0.15) is 0 Å². The third-order valence-corrected chi connectivity index (χ3v) is 5.62. The van der Waals surface area contributed by atoms with Crippen molar-refractivity contribution in [3.8, 4) is 0 Å². The summed E-state index contributed by atoms with van der Waals surface area (Å²) in [5.41, 5.74) is 4.01. The Morgan fingerprint density at radius 1 is 1.08 bits per heavy atom. The lowest BCUT2D eigenvalue weighted by Crippen LogP contribution is -2.28. The number of rotatable bonds is 3. The van der Waals surface area contributed by atoms with Crippen molar-refractivity contribution in [1.29, 1.82) is 5.41 Å². The van der Waals surface area contributed by atoms with E-state index in [2.05, 4.69) is 0 Å². The molecule has 1 saturated heterocycles. The Morgan fingerprint density at radius 3 is 2.42 bits per heavy atom. The lowest BCUT2D eigenvalue weighted by atomic mass is 10.1. The second kappa shape index (κ2) is 6.87. The van der Waals surface area contributed by atoms with E-state index < -0.39 is 0 Å². The summed E-state index contributed by atoms with van der Waals surface area (Å²) in [4.78, 5) is 16.0. The molecule has 2 aromatic carbocycles. The molecular formula is C19H18N2OS2. The van der Waals surface area contributed by atoms with Gasteiger partial charge >= 0.3 is 0 Å². The first-order valence-electron chi connectivity index (χ1n) is 7.53. The van der Waals surface area contributed by atoms with Crippen LogP contribution in [-0.4, -0.2) is 17.3 Å². The van der Waals surface area contributed by atoms with Crippen molar-refractivity contribution in [2.24, 2.45) is 0 Å². The molecule has 2 aromatic rings. The molecule has 1 aliphatic rings. The van der Waals surface area contributed by atoms with Gasteiger partial charge in [-0.25, -0.2) is 0 Å². The van der Waals surface area contributed by atoms with E-state index in [1.54, 1.807) is 11.8 Å². The van der Waals surface area contributed by atoms with Crippen molar-refractivity contribution >= 4 is 46.4 Å². The molecule has 0 atom stereocenters. The van der Waals surface area contributed by atoms with Gasteiger partial charge in [0.2, 0.25) is 0 Å². The van der Waals surface area contributed by atoms with Crippen LogP contribution < -0.4 is 4.90 Å². The fourth-order valence-electron chi connectivity index (χ4n) is 2.44. The van der Waals surface area contributed by atoms with Gasteiger partial charge in [0.25, 0.3) is 5.91 Å². The summed E-state index contributed by atoms with van der Waals surface area (Å²) in [7, 11) is 0. The minimum Gasteiger partial charge on any atom is -0.278 e. The van der Waals surface area contributed by atoms with Crippen LogP contribution in [0.1, 0.15) is 16.7 Å². The van der Waals surface area contributed by atoms with E-state index >= 15 is 0 Å². The number of hydrogen-bond donors (Lipinski definition) is 1. The van der Waals surface area contributed by atoms with E-state index in [4.69, 9.17) is 5.41 Å². The SMILES string of the molecule is CSc1ccc(/C=C2\SC(=N)N(c3ccc(C)c(C)c3)C2=O)cc1. The van der Waals surface area contributed by atoms with Crippen LogP contribution in [0.5, 0.6) is 0 Å². The van der Waals surface area contributed by atoms with Gasteiger partial charge in [-0.15, -0.1) is 11.8 Å². The van der Waals surface area contributed by atoms with Crippen LogP contribution in [0.3, 0.4) is 0 Å². The molecule has 3 nitrogen and oxygen atoms in total. The molecule has 1 aliphatic heterocycles. The zero-order valence-electron chi connectivity index (χ0n) is 13.8. The van der Waals surface area contributed by atoms with Crippen LogP contribution in [0, 0.1) is 19.3 Å². The summed E-state index contributed by atoms with van der Waals surface area (Å²) in [5.74, 6) is -0.137. The van der Waals surface area contributed by atoms with Crippen LogP contribution in [0.4, 0.5) is 5.69 Å². The fraction of sp³-hybridized carbons (Fsp3) is 0.158. The summed E-state index contributed by atoms with van der Waals surface area (Å²) in [6.45, 7) is 4.05. The average molecular weight is 355 g/mol. The Bertz CT molecular complexity index is 841. The number of carbonyl (C=O) groups is 1. The highest BCUT2D eigenvalue weighted by Gasteiger charge is 2.33. The summed E-state index contributed by atoms with van der Waals surface area (Å²) >= 11 is 2.89. The van der Waals surface area contributed by atoms with Crippen LogP contribution in [0.15, 0.2) is 52.3 Å². The first-order valence-corrected chi connectivity index (χ1v) is 9.57. The highest BCUT2D eigenvalue weighted by atomic mass is 32.2. The number of hydrogen-bond acceptors (Lipinski definition) is 4. The van der Waals surface area contributed by atoms with E-state index in [0.29, 0.717) is 4.91 Å². The quantitative estimate of drug-likeness (QED) is 0.617. The molecule has 5 heteroatoms. The number of benzene rings is 2. The largest absolute Gasteiger partial charge is 0.278 e. The number of aryl methyl sites for hydroxylation is 2. The predicted molar refractivity (Wildman–Crippen MR) is 105 cm³/mol. The van der Waals surface area contributed by atoms with Gasteiger partial charge in [-0.1, -0.05) is 18.2 Å². The maximum absolute atomic E-state index is 12.7. The lowest BCUT2D eigenvalue weighted by molar-refractivity contribution is -0.113. The monoisotopic (exact) mass is 354 g/mol. The molecule has 0 spiro atoms. The molecule has 1 amide bonds. The maximum atomic E-state index is 12.7. The van der Waals surface area contributed by atoms with Crippen molar-refractivity contribution in [2.45, 2.75) is 18.7 Å². The van der Waals surface area contributed by atoms with Crippen LogP contribution >= 0.6 is 23.5 Å². The predicted octanol–water partition coefficient (Wildman–Crippen LogP) is 5.08. The molecule has 122 valence electrons. The number of amidine groups is 1. The normalized spacial score (nSPS) is 16.3. The summed E-state index contributed by atoms with van der Waals surface area (Å²) in [5, 5.41) is 8.43. The van der Waals surface area contributed by atoms with Crippen LogP contribution in [0.2, 0.25) is 0 Å². The minimum atomic E-state index is -0.137. The van der Waals surface area contributed by atoms with E-state index in [0.717, 1.165) is 16.8 Å². The number of thioether (sulfide) groups is 2. The molecule has 0 radical (unpaired) electrons. The van der Waals surface area contributed by atoms with Crippen molar-refractivity contribution in [3.05, 3.63) is 64.1 Å². The first kappa shape index (κ1) is 16.9. The topological polar surface area (TPSA) is 44.2 Å². The minimum absolute atomic E-state index is 0.137. The van der Waals surface area contributed by atoms with Gasteiger partial charge in [0.15, 0.2) is 5.17 Å². The summed E-state index contributed by atoms with van der Waals surface area (Å²) in [6.07, 6.45) is 3.89. The Hall–Kier alpha value is -1.98. The van der Waals surface area contributed by atoms with Gasteiger partial charge in [0.05, 0.1) is 10.6 Å². The van der Waals surface area contributed by atoms with Gasteiger partial charge in [-0.2, -0.15) is 0 Å². The number of nitrogens with one attached hydrogen (secondary N) is 1. The molecule has 0 aliphatic carbocycles. The highest BCUT2D eigenvalue weighted by Crippen LogP contribution is 2.35. The molecule has 1 heterocycles. The Balaban J connectivity index is 1.90. The number of nitrogens with zero attached hydrogens (tertiary/aromatic N) is 1. The molecule has 0 aromatic heterocycles. The Labute approximate surface area is 150 Å². The zero-order chi connectivity index (χ0) is 17.3.